The van der Waals surface area contributed by atoms with Crippen LogP contribution in [-0.4, -0.2) is 16.1 Å². The number of imidazole rings is 1. The molecule has 0 aliphatic heterocycles. The lowest BCUT2D eigenvalue weighted by Gasteiger charge is -2.12. The number of nitrogens with one attached hydrogen (secondary N) is 1. The molecule has 3 heteroatoms. The van der Waals surface area contributed by atoms with Crippen LogP contribution in [0.2, 0.25) is 0 Å². The minimum atomic E-state index is 0.669. The van der Waals surface area contributed by atoms with E-state index in [-0.39, 0.29) is 0 Å². The highest BCUT2D eigenvalue weighted by atomic mass is 15.1. The van der Waals surface area contributed by atoms with E-state index in [1.54, 1.807) is 0 Å². The summed E-state index contributed by atoms with van der Waals surface area (Å²) in [5, 5.41) is 3.44. The van der Waals surface area contributed by atoms with Gasteiger partial charge in [-0.15, -0.1) is 0 Å². The van der Waals surface area contributed by atoms with Crippen molar-refractivity contribution in [2.45, 2.75) is 40.8 Å². The highest BCUT2D eigenvalue weighted by Crippen LogP contribution is 2.04. The Labute approximate surface area is 92.9 Å². The fraction of sp³-hybridized carbons (Fsp3) is 0.750. The predicted molar refractivity (Wildman–Crippen MR) is 63.6 cm³/mol. The lowest BCUT2D eigenvalue weighted by atomic mass is 10.2. The molecule has 0 spiro atoms. The second kappa shape index (κ2) is 5.91. The largest absolute Gasteiger partial charge is 0.333 e. The summed E-state index contributed by atoms with van der Waals surface area (Å²) in [5.41, 5.74) is 1.28. The number of rotatable bonds is 6. The van der Waals surface area contributed by atoms with Crippen LogP contribution in [0.4, 0.5) is 0 Å². The number of nitrogens with zero attached hydrogens (tertiary/aromatic N) is 2. The molecule has 1 aromatic rings. The van der Waals surface area contributed by atoms with Crippen LogP contribution in [0.5, 0.6) is 0 Å². The van der Waals surface area contributed by atoms with Gasteiger partial charge in [-0.3, -0.25) is 0 Å². The van der Waals surface area contributed by atoms with Crippen LogP contribution in [0.1, 0.15) is 33.4 Å². The number of aromatic nitrogens is 2. The Morgan fingerprint density at radius 1 is 1.27 bits per heavy atom. The average molecular weight is 209 g/mol. The molecule has 0 aromatic carbocycles. The summed E-state index contributed by atoms with van der Waals surface area (Å²) < 4.78 is 2.23. The van der Waals surface area contributed by atoms with Crippen molar-refractivity contribution < 1.29 is 0 Å². The molecular weight excluding hydrogens is 186 g/mol. The molecule has 0 saturated carbocycles. The molecule has 0 radical (unpaired) electrons. The average Bonchev–Trinajstić information content (AvgIpc) is 2.51. The van der Waals surface area contributed by atoms with Gasteiger partial charge in [0.1, 0.15) is 0 Å². The summed E-state index contributed by atoms with van der Waals surface area (Å²) in [6, 6.07) is 0. The van der Waals surface area contributed by atoms with Gasteiger partial charge >= 0.3 is 0 Å². The van der Waals surface area contributed by atoms with Crippen LogP contribution in [0, 0.1) is 11.8 Å². The second-order valence-corrected chi connectivity index (χ2v) is 4.96. The highest BCUT2D eigenvalue weighted by Gasteiger charge is 2.03. The first kappa shape index (κ1) is 12.2. The quantitative estimate of drug-likeness (QED) is 0.779. The summed E-state index contributed by atoms with van der Waals surface area (Å²) in [4.78, 5) is 4.20. The molecule has 3 nitrogen and oxygen atoms in total. The van der Waals surface area contributed by atoms with E-state index >= 15 is 0 Å². The van der Waals surface area contributed by atoms with Crippen LogP contribution in [0.3, 0.4) is 0 Å². The van der Waals surface area contributed by atoms with Gasteiger partial charge in [0.2, 0.25) is 0 Å². The van der Waals surface area contributed by atoms with Gasteiger partial charge in [0, 0.05) is 19.3 Å². The van der Waals surface area contributed by atoms with Crippen molar-refractivity contribution in [3.63, 3.8) is 0 Å². The maximum absolute atomic E-state index is 4.20. The topological polar surface area (TPSA) is 29.9 Å². The summed E-state index contributed by atoms with van der Waals surface area (Å²) in [6.45, 7) is 11.9. The Morgan fingerprint density at radius 3 is 2.60 bits per heavy atom. The lowest BCUT2D eigenvalue weighted by molar-refractivity contribution is 0.489. The molecule has 0 saturated heterocycles. The summed E-state index contributed by atoms with van der Waals surface area (Å²) >= 11 is 0. The fourth-order valence-corrected chi connectivity index (χ4v) is 1.54. The van der Waals surface area contributed by atoms with E-state index in [1.807, 2.05) is 12.5 Å². The van der Waals surface area contributed by atoms with Crippen molar-refractivity contribution in [1.82, 2.24) is 14.9 Å². The third-order valence-electron chi connectivity index (χ3n) is 2.22. The standard InChI is InChI=1S/C12H23N3/c1-10(2)5-13-6-12-7-14-9-15(12)8-11(3)4/h7,9-11,13H,5-6,8H2,1-4H3. The molecule has 0 unspecified atom stereocenters. The van der Waals surface area contributed by atoms with E-state index in [4.69, 9.17) is 0 Å². The Hall–Kier alpha value is -0.830. The molecule has 0 bridgehead atoms. The van der Waals surface area contributed by atoms with E-state index in [9.17, 15) is 0 Å². The molecule has 86 valence electrons. The van der Waals surface area contributed by atoms with Crippen LogP contribution in [-0.2, 0) is 13.1 Å². The zero-order chi connectivity index (χ0) is 11.3. The van der Waals surface area contributed by atoms with Crippen molar-refractivity contribution in [3.8, 4) is 0 Å². The molecule has 1 heterocycles. The van der Waals surface area contributed by atoms with Crippen molar-refractivity contribution >= 4 is 0 Å². The maximum Gasteiger partial charge on any atom is 0.0948 e. The van der Waals surface area contributed by atoms with Crippen molar-refractivity contribution in [3.05, 3.63) is 18.2 Å². The molecule has 1 rings (SSSR count). The molecule has 15 heavy (non-hydrogen) atoms. The smallest absolute Gasteiger partial charge is 0.0948 e. The molecule has 0 amide bonds. The summed E-state index contributed by atoms with van der Waals surface area (Å²) in [6.07, 6.45) is 3.88. The van der Waals surface area contributed by atoms with Gasteiger partial charge < -0.3 is 9.88 Å². The van der Waals surface area contributed by atoms with Gasteiger partial charge in [0.25, 0.3) is 0 Å². The maximum atomic E-state index is 4.20. The molecule has 0 fully saturated rings. The first-order valence-corrected chi connectivity index (χ1v) is 5.79. The minimum absolute atomic E-state index is 0.669. The predicted octanol–water partition coefficient (Wildman–Crippen LogP) is 2.28. The Morgan fingerprint density at radius 2 is 2.00 bits per heavy atom. The monoisotopic (exact) mass is 209 g/mol. The second-order valence-electron chi connectivity index (χ2n) is 4.96. The van der Waals surface area contributed by atoms with Crippen molar-refractivity contribution in [1.29, 1.82) is 0 Å². The molecule has 0 aliphatic rings. The van der Waals surface area contributed by atoms with Crippen molar-refractivity contribution in [2.24, 2.45) is 11.8 Å². The molecular formula is C12H23N3. The fourth-order valence-electron chi connectivity index (χ4n) is 1.54. The molecule has 0 aliphatic carbocycles. The number of hydrogen-bond donors (Lipinski definition) is 1. The SMILES string of the molecule is CC(C)CNCc1cncn1CC(C)C. The van der Waals surface area contributed by atoms with Crippen LogP contribution >= 0.6 is 0 Å². The highest BCUT2D eigenvalue weighted by molar-refractivity contribution is 4.98. The third kappa shape index (κ3) is 4.47. The molecule has 1 N–H and O–H groups in total. The van der Waals surface area contributed by atoms with E-state index in [2.05, 4.69) is 42.6 Å². The zero-order valence-corrected chi connectivity index (χ0v) is 10.3. The van der Waals surface area contributed by atoms with E-state index in [1.165, 1.54) is 5.69 Å². The first-order chi connectivity index (χ1) is 7.09. The van der Waals surface area contributed by atoms with E-state index in [0.717, 1.165) is 19.6 Å². The number of hydrogen-bond acceptors (Lipinski definition) is 2. The lowest BCUT2D eigenvalue weighted by Crippen LogP contribution is -2.21. The van der Waals surface area contributed by atoms with Crippen molar-refractivity contribution in [2.75, 3.05) is 6.54 Å². The van der Waals surface area contributed by atoms with Gasteiger partial charge in [-0.25, -0.2) is 4.98 Å². The first-order valence-electron chi connectivity index (χ1n) is 5.79. The van der Waals surface area contributed by atoms with Crippen LogP contribution in [0.15, 0.2) is 12.5 Å². The van der Waals surface area contributed by atoms with Gasteiger partial charge in [0.05, 0.1) is 12.0 Å². The minimum Gasteiger partial charge on any atom is -0.333 e. The Balaban J connectivity index is 2.43. The normalized spacial score (nSPS) is 11.6. The zero-order valence-electron chi connectivity index (χ0n) is 10.3. The van der Waals surface area contributed by atoms with Crippen LogP contribution in [0.25, 0.3) is 0 Å². The summed E-state index contributed by atoms with van der Waals surface area (Å²) in [5.74, 6) is 1.37. The van der Waals surface area contributed by atoms with Crippen LogP contribution < -0.4 is 5.32 Å². The van der Waals surface area contributed by atoms with E-state index in [0.29, 0.717) is 11.8 Å². The third-order valence-corrected chi connectivity index (χ3v) is 2.22. The van der Waals surface area contributed by atoms with Gasteiger partial charge in [-0.1, -0.05) is 27.7 Å². The van der Waals surface area contributed by atoms with Gasteiger partial charge in [-0.2, -0.15) is 0 Å². The van der Waals surface area contributed by atoms with E-state index < -0.39 is 0 Å². The Bertz CT molecular complexity index is 276. The summed E-state index contributed by atoms with van der Waals surface area (Å²) in [7, 11) is 0. The molecule has 0 atom stereocenters. The van der Waals surface area contributed by atoms with Gasteiger partial charge in [0.15, 0.2) is 0 Å². The Kier molecular flexibility index (Phi) is 4.82. The molecule has 1 aromatic heterocycles. The van der Waals surface area contributed by atoms with Gasteiger partial charge in [-0.05, 0) is 18.4 Å².